The lowest BCUT2D eigenvalue weighted by molar-refractivity contribution is -0.126. The molecule has 0 unspecified atom stereocenters. The number of nitrogens with zero attached hydrogens (tertiary/aromatic N) is 1. The lowest BCUT2D eigenvalue weighted by Gasteiger charge is -2.17. The number of carbonyl (C=O) groups is 1. The summed E-state index contributed by atoms with van der Waals surface area (Å²) in [5, 5.41) is 2.69. The molecular formula is C11H14N2OS. The highest BCUT2D eigenvalue weighted by atomic mass is 32.1. The van der Waals surface area contributed by atoms with Gasteiger partial charge in [-0.15, -0.1) is 0 Å². The number of pyridine rings is 1. The highest BCUT2D eigenvalue weighted by molar-refractivity contribution is 7.80. The van der Waals surface area contributed by atoms with Crippen LogP contribution in [0.25, 0.3) is 0 Å². The summed E-state index contributed by atoms with van der Waals surface area (Å²) in [6, 6.07) is 3.60. The Balaban J connectivity index is 2.70. The Kier molecular flexibility index (Phi) is 3.52. The lowest BCUT2D eigenvalue weighted by Crippen LogP contribution is -2.38. The normalized spacial score (nSPS) is 10.9. The summed E-state index contributed by atoms with van der Waals surface area (Å²) in [5.41, 5.74) is 0.316. The maximum atomic E-state index is 11.6. The molecule has 0 aliphatic rings. The quantitative estimate of drug-likeness (QED) is 0.738. The Bertz CT molecular complexity index is 368. The van der Waals surface area contributed by atoms with Crippen molar-refractivity contribution < 1.29 is 4.79 Å². The van der Waals surface area contributed by atoms with Gasteiger partial charge in [0.15, 0.2) is 0 Å². The van der Waals surface area contributed by atoms with Crippen LogP contribution in [-0.4, -0.2) is 15.9 Å². The third-order valence-corrected chi connectivity index (χ3v) is 2.17. The van der Waals surface area contributed by atoms with Crippen molar-refractivity contribution in [3.05, 3.63) is 30.1 Å². The first-order valence-electron chi connectivity index (χ1n) is 4.67. The third-order valence-electron chi connectivity index (χ3n) is 1.83. The first-order valence-corrected chi connectivity index (χ1v) is 5.08. The predicted molar refractivity (Wildman–Crippen MR) is 63.5 cm³/mol. The number of hydrogen-bond donors (Lipinski definition) is 1. The zero-order valence-corrected chi connectivity index (χ0v) is 9.89. The summed E-state index contributed by atoms with van der Waals surface area (Å²) in [4.78, 5) is 16.0. The van der Waals surface area contributed by atoms with Crippen molar-refractivity contribution in [2.75, 3.05) is 0 Å². The molecule has 15 heavy (non-hydrogen) atoms. The molecule has 80 valence electrons. The molecule has 0 fully saturated rings. The average Bonchev–Trinajstić information content (AvgIpc) is 2.17. The van der Waals surface area contributed by atoms with Gasteiger partial charge in [0.25, 0.3) is 0 Å². The van der Waals surface area contributed by atoms with Crippen molar-refractivity contribution in [1.82, 2.24) is 10.3 Å². The lowest BCUT2D eigenvalue weighted by atomic mass is 9.95. The standard InChI is InChI=1S/C11H14N2OS/c1-11(2,3)10(14)13-9(15)8-5-4-6-12-7-8/h4-7H,1-3H3,(H,13,14,15). The summed E-state index contributed by atoms with van der Waals surface area (Å²) < 4.78 is 0. The molecule has 1 rings (SSSR count). The minimum Gasteiger partial charge on any atom is -0.316 e. The highest BCUT2D eigenvalue weighted by Gasteiger charge is 2.22. The van der Waals surface area contributed by atoms with Gasteiger partial charge in [-0.1, -0.05) is 33.0 Å². The van der Waals surface area contributed by atoms with Gasteiger partial charge in [-0.05, 0) is 12.1 Å². The van der Waals surface area contributed by atoms with E-state index in [1.807, 2.05) is 26.8 Å². The molecule has 1 aromatic heterocycles. The summed E-state index contributed by atoms with van der Waals surface area (Å²) in [7, 11) is 0. The minimum absolute atomic E-state index is 0.0867. The van der Waals surface area contributed by atoms with Crippen LogP contribution in [0.15, 0.2) is 24.5 Å². The van der Waals surface area contributed by atoms with Crippen molar-refractivity contribution in [1.29, 1.82) is 0 Å². The molecule has 0 aliphatic carbocycles. The van der Waals surface area contributed by atoms with Crippen LogP contribution in [0.3, 0.4) is 0 Å². The number of carbonyl (C=O) groups excluding carboxylic acids is 1. The Morgan fingerprint density at radius 1 is 1.47 bits per heavy atom. The van der Waals surface area contributed by atoms with Crippen LogP contribution in [0, 0.1) is 5.41 Å². The smallest absolute Gasteiger partial charge is 0.230 e. The topological polar surface area (TPSA) is 42.0 Å². The van der Waals surface area contributed by atoms with Crippen molar-refractivity contribution in [3.8, 4) is 0 Å². The molecule has 0 spiro atoms. The summed E-state index contributed by atoms with van der Waals surface area (Å²) in [6.45, 7) is 5.52. The number of rotatable bonds is 1. The first kappa shape index (κ1) is 11.8. The van der Waals surface area contributed by atoms with E-state index in [9.17, 15) is 4.79 Å². The number of hydrogen-bond acceptors (Lipinski definition) is 3. The van der Waals surface area contributed by atoms with Crippen molar-refractivity contribution in [3.63, 3.8) is 0 Å². The monoisotopic (exact) mass is 222 g/mol. The molecule has 1 aromatic rings. The Morgan fingerprint density at radius 2 is 2.13 bits per heavy atom. The van der Waals surface area contributed by atoms with Gasteiger partial charge in [0.1, 0.15) is 4.99 Å². The van der Waals surface area contributed by atoms with E-state index < -0.39 is 5.41 Å². The summed E-state index contributed by atoms with van der Waals surface area (Å²) >= 11 is 5.09. The molecular weight excluding hydrogens is 208 g/mol. The van der Waals surface area contributed by atoms with Gasteiger partial charge in [0.2, 0.25) is 5.91 Å². The van der Waals surface area contributed by atoms with E-state index in [0.717, 1.165) is 5.56 Å². The molecule has 4 heteroatoms. The van der Waals surface area contributed by atoms with Gasteiger partial charge in [-0.25, -0.2) is 0 Å². The van der Waals surface area contributed by atoms with Gasteiger partial charge in [-0.3, -0.25) is 9.78 Å². The number of nitrogens with one attached hydrogen (secondary N) is 1. The second kappa shape index (κ2) is 4.49. The molecule has 0 aliphatic heterocycles. The molecule has 0 atom stereocenters. The molecule has 0 radical (unpaired) electrons. The van der Waals surface area contributed by atoms with Gasteiger partial charge in [0.05, 0.1) is 0 Å². The Labute approximate surface area is 94.9 Å². The van der Waals surface area contributed by atoms with E-state index in [1.54, 1.807) is 18.5 Å². The highest BCUT2D eigenvalue weighted by Crippen LogP contribution is 2.13. The van der Waals surface area contributed by atoms with Crippen LogP contribution in [0.4, 0.5) is 0 Å². The van der Waals surface area contributed by atoms with Gasteiger partial charge in [0, 0.05) is 23.4 Å². The van der Waals surface area contributed by atoms with Crippen LogP contribution in [0.1, 0.15) is 26.3 Å². The van der Waals surface area contributed by atoms with Crippen LogP contribution < -0.4 is 5.32 Å². The molecule has 1 N–H and O–H groups in total. The van der Waals surface area contributed by atoms with E-state index in [0.29, 0.717) is 4.99 Å². The van der Waals surface area contributed by atoms with E-state index in [1.165, 1.54) is 0 Å². The zero-order valence-electron chi connectivity index (χ0n) is 9.07. The van der Waals surface area contributed by atoms with E-state index in [-0.39, 0.29) is 5.91 Å². The summed E-state index contributed by atoms with van der Waals surface area (Å²) in [6.07, 6.45) is 3.29. The SMILES string of the molecule is CC(C)(C)C(=O)NC(=S)c1cccnc1. The Morgan fingerprint density at radius 3 is 2.60 bits per heavy atom. The fourth-order valence-corrected chi connectivity index (χ4v) is 1.07. The summed E-state index contributed by atoms with van der Waals surface area (Å²) in [5.74, 6) is -0.0867. The van der Waals surface area contributed by atoms with Crippen LogP contribution in [0.5, 0.6) is 0 Å². The van der Waals surface area contributed by atoms with Crippen LogP contribution in [-0.2, 0) is 4.79 Å². The number of aromatic nitrogens is 1. The van der Waals surface area contributed by atoms with Crippen molar-refractivity contribution >= 4 is 23.1 Å². The number of thiocarbonyl (C=S) groups is 1. The Hall–Kier alpha value is -1.29. The van der Waals surface area contributed by atoms with E-state index in [4.69, 9.17) is 12.2 Å². The first-order chi connectivity index (χ1) is 6.91. The third kappa shape index (κ3) is 3.40. The zero-order chi connectivity index (χ0) is 11.5. The fraction of sp³-hybridized carbons (Fsp3) is 0.364. The minimum atomic E-state index is -0.438. The van der Waals surface area contributed by atoms with Crippen molar-refractivity contribution in [2.45, 2.75) is 20.8 Å². The van der Waals surface area contributed by atoms with Gasteiger partial charge < -0.3 is 5.32 Å². The molecule has 1 heterocycles. The fourth-order valence-electron chi connectivity index (χ4n) is 0.860. The second-order valence-electron chi connectivity index (χ2n) is 4.27. The largest absolute Gasteiger partial charge is 0.316 e. The molecule has 0 bridgehead atoms. The predicted octanol–water partition coefficient (Wildman–Crippen LogP) is 1.92. The molecule has 1 amide bonds. The number of amides is 1. The van der Waals surface area contributed by atoms with Crippen LogP contribution >= 0.6 is 12.2 Å². The van der Waals surface area contributed by atoms with E-state index in [2.05, 4.69) is 10.3 Å². The maximum Gasteiger partial charge on any atom is 0.230 e. The van der Waals surface area contributed by atoms with Crippen molar-refractivity contribution in [2.24, 2.45) is 5.41 Å². The molecule has 0 saturated carbocycles. The average molecular weight is 222 g/mol. The van der Waals surface area contributed by atoms with Gasteiger partial charge in [-0.2, -0.15) is 0 Å². The molecule has 3 nitrogen and oxygen atoms in total. The van der Waals surface area contributed by atoms with E-state index >= 15 is 0 Å². The molecule has 0 aromatic carbocycles. The van der Waals surface area contributed by atoms with Crippen LogP contribution in [0.2, 0.25) is 0 Å². The second-order valence-corrected chi connectivity index (χ2v) is 4.68. The molecule has 0 saturated heterocycles. The van der Waals surface area contributed by atoms with Gasteiger partial charge >= 0.3 is 0 Å². The maximum absolute atomic E-state index is 11.6.